The van der Waals surface area contributed by atoms with Gasteiger partial charge < -0.3 is 5.11 Å². The van der Waals surface area contributed by atoms with Crippen molar-refractivity contribution in [3.8, 4) is 16.9 Å². The number of hydrogen-bond acceptors (Lipinski definition) is 2. The monoisotopic (exact) mass is 307 g/mol. The minimum Gasteiger partial charge on any atom is -0.505 e. The number of aromatic nitrogens is 1. The van der Waals surface area contributed by atoms with E-state index in [-0.39, 0.29) is 15.6 Å². The van der Waals surface area contributed by atoms with Crippen molar-refractivity contribution in [1.82, 2.24) is 4.98 Å². The Kier molecular flexibility index (Phi) is 3.60. The predicted molar refractivity (Wildman–Crippen MR) is 66.4 cm³/mol. The fraction of sp³-hybridized carbons (Fsp3) is 0.0833. The van der Waals surface area contributed by atoms with Crippen LogP contribution in [0.3, 0.4) is 0 Å². The number of nitrogens with zero attached hydrogens (tertiary/aromatic N) is 1. The molecule has 2 rings (SSSR count). The molecule has 0 fully saturated rings. The van der Waals surface area contributed by atoms with E-state index in [2.05, 4.69) is 4.98 Å². The standard InChI is InChI=1S/C12H6Cl2F3NO/c13-8-2-1-6(5-9(8)14)7-3-4-18-11(10(7)19)12(15,16)17/h1-5,19H. The van der Waals surface area contributed by atoms with Crippen molar-refractivity contribution in [2.45, 2.75) is 6.18 Å². The Hall–Kier alpha value is -1.46. The zero-order chi connectivity index (χ0) is 14.2. The lowest BCUT2D eigenvalue weighted by Gasteiger charge is -2.11. The fourth-order valence-electron chi connectivity index (χ4n) is 1.56. The van der Waals surface area contributed by atoms with Gasteiger partial charge in [-0.3, -0.25) is 0 Å². The van der Waals surface area contributed by atoms with Crippen LogP contribution in [0.25, 0.3) is 11.1 Å². The molecule has 0 saturated heterocycles. The summed E-state index contributed by atoms with van der Waals surface area (Å²) in [7, 11) is 0. The molecule has 100 valence electrons. The summed E-state index contributed by atoms with van der Waals surface area (Å²) in [6.45, 7) is 0. The molecule has 2 aromatic rings. The Bertz CT molecular complexity index is 629. The zero-order valence-corrected chi connectivity index (χ0v) is 10.7. The van der Waals surface area contributed by atoms with Crippen molar-refractivity contribution < 1.29 is 18.3 Å². The van der Waals surface area contributed by atoms with Gasteiger partial charge in [-0.15, -0.1) is 0 Å². The molecule has 0 aliphatic carbocycles. The zero-order valence-electron chi connectivity index (χ0n) is 9.17. The Labute approximate surface area is 116 Å². The van der Waals surface area contributed by atoms with Gasteiger partial charge in [0.2, 0.25) is 0 Å². The molecule has 0 unspecified atom stereocenters. The summed E-state index contributed by atoms with van der Waals surface area (Å²) in [6.07, 6.45) is -3.75. The third kappa shape index (κ3) is 2.77. The minimum absolute atomic E-state index is 0.0131. The summed E-state index contributed by atoms with van der Waals surface area (Å²) in [5.74, 6) is -0.937. The second-order valence-corrected chi connectivity index (χ2v) is 4.50. The van der Waals surface area contributed by atoms with Gasteiger partial charge in [-0.1, -0.05) is 29.3 Å². The lowest BCUT2D eigenvalue weighted by molar-refractivity contribution is -0.142. The van der Waals surface area contributed by atoms with Crippen molar-refractivity contribution in [3.05, 3.63) is 46.2 Å². The molecular weight excluding hydrogens is 302 g/mol. The minimum atomic E-state index is -4.73. The van der Waals surface area contributed by atoms with Gasteiger partial charge in [0.1, 0.15) is 0 Å². The first-order chi connectivity index (χ1) is 8.80. The number of hydrogen-bond donors (Lipinski definition) is 1. The van der Waals surface area contributed by atoms with Gasteiger partial charge in [-0.05, 0) is 23.8 Å². The molecule has 0 atom stereocenters. The first-order valence-corrected chi connectivity index (χ1v) is 5.77. The van der Waals surface area contributed by atoms with Gasteiger partial charge in [-0.25, -0.2) is 4.98 Å². The molecule has 1 aromatic heterocycles. The van der Waals surface area contributed by atoms with Crippen LogP contribution in [0.4, 0.5) is 13.2 Å². The summed E-state index contributed by atoms with van der Waals surface area (Å²) in [5.41, 5.74) is -1.03. The molecule has 0 radical (unpaired) electrons. The van der Waals surface area contributed by atoms with E-state index in [0.29, 0.717) is 5.56 Å². The van der Waals surface area contributed by atoms with Gasteiger partial charge in [0.05, 0.1) is 10.0 Å². The molecule has 0 aliphatic rings. The second-order valence-electron chi connectivity index (χ2n) is 3.68. The Morgan fingerprint density at radius 1 is 1.05 bits per heavy atom. The molecular formula is C12H6Cl2F3NO. The van der Waals surface area contributed by atoms with Crippen molar-refractivity contribution >= 4 is 23.2 Å². The molecule has 1 N–H and O–H groups in total. The third-order valence-electron chi connectivity index (χ3n) is 2.42. The summed E-state index contributed by atoms with van der Waals surface area (Å²) in [6, 6.07) is 5.54. The van der Waals surface area contributed by atoms with E-state index < -0.39 is 17.6 Å². The Morgan fingerprint density at radius 2 is 1.74 bits per heavy atom. The van der Waals surface area contributed by atoms with Crippen LogP contribution in [0.1, 0.15) is 5.69 Å². The Balaban J connectivity index is 2.60. The molecule has 7 heteroatoms. The number of aromatic hydroxyl groups is 1. The largest absolute Gasteiger partial charge is 0.505 e. The van der Waals surface area contributed by atoms with Crippen LogP contribution < -0.4 is 0 Å². The van der Waals surface area contributed by atoms with E-state index in [1.165, 1.54) is 24.3 Å². The maximum atomic E-state index is 12.6. The molecule has 2 nitrogen and oxygen atoms in total. The molecule has 0 bridgehead atoms. The van der Waals surface area contributed by atoms with Crippen LogP contribution in [-0.2, 0) is 6.18 Å². The fourth-order valence-corrected chi connectivity index (χ4v) is 1.86. The van der Waals surface area contributed by atoms with Crippen LogP contribution in [0.5, 0.6) is 5.75 Å². The van der Waals surface area contributed by atoms with E-state index in [9.17, 15) is 18.3 Å². The molecule has 0 amide bonds. The van der Waals surface area contributed by atoms with Gasteiger partial charge >= 0.3 is 6.18 Å². The normalized spacial score (nSPS) is 11.6. The number of rotatable bonds is 1. The van der Waals surface area contributed by atoms with Gasteiger partial charge in [-0.2, -0.15) is 13.2 Å². The Morgan fingerprint density at radius 3 is 2.32 bits per heavy atom. The smallest absolute Gasteiger partial charge is 0.437 e. The molecule has 1 aromatic carbocycles. The van der Waals surface area contributed by atoms with Crippen LogP contribution in [0.2, 0.25) is 10.0 Å². The van der Waals surface area contributed by atoms with E-state index in [0.717, 1.165) is 6.20 Å². The molecule has 0 aliphatic heterocycles. The predicted octanol–water partition coefficient (Wildman–Crippen LogP) is 4.78. The maximum Gasteiger partial charge on any atom is 0.437 e. The number of benzene rings is 1. The highest BCUT2D eigenvalue weighted by Crippen LogP contribution is 2.40. The summed E-state index contributed by atoms with van der Waals surface area (Å²) in [4.78, 5) is 3.14. The van der Waals surface area contributed by atoms with Gasteiger partial charge in [0.15, 0.2) is 11.4 Å². The second kappa shape index (κ2) is 4.90. The SMILES string of the molecule is Oc1c(-c2ccc(Cl)c(Cl)c2)ccnc1C(F)(F)F. The molecule has 0 saturated carbocycles. The number of halogens is 5. The van der Waals surface area contributed by atoms with E-state index >= 15 is 0 Å². The number of alkyl halides is 3. The topological polar surface area (TPSA) is 33.1 Å². The van der Waals surface area contributed by atoms with E-state index in [4.69, 9.17) is 23.2 Å². The highest BCUT2D eigenvalue weighted by atomic mass is 35.5. The van der Waals surface area contributed by atoms with Crippen LogP contribution in [0.15, 0.2) is 30.5 Å². The van der Waals surface area contributed by atoms with Crippen molar-refractivity contribution in [3.63, 3.8) is 0 Å². The third-order valence-corrected chi connectivity index (χ3v) is 3.16. The van der Waals surface area contributed by atoms with E-state index in [1.807, 2.05) is 0 Å². The van der Waals surface area contributed by atoms with Crippen LogP contribution >= 0.6 is 23.2 Å². The van der Waals surface area contributed by atoms with E-state index in [1.54, 1.807) is 0 Å². The van der Waals surface area contributed by atoms with Crippen molar-refractivity contribution in [1.29, 1.82) is 0 Å². The molecule has 1 heterocycles. The lowest BCUT2D eigenvalue weighted by Crippen LogP contribution is -2.08. The highest BCUT2D eigenvalue weighted by molar-refractivity contribution is 6.42. The summed E-state index contributed by atoms with van der Waals surface area (Å²) < 4.78 is 37.9. The summed E-state index contributed by atoms with van der Waals surface area (Å²) in [5, 5.41) is 10.1. The lowest BCUT2D eigenvalue weighted by atomic mass is 10.0. The maximum absolute atomic E-state index is 12.6. The van der Waals surface area contributed by atoms with Crippen molar-refractivity contribution in [2.75, 3.05) is 0 Å². The summed E-state index contributed by atoms with van der Waals surface area (Å²) >= 11 is 11.5. The van der Waals surface area contributed by atoms with Gasteiger partial charge in [0, 0.05) is 11.8 Å². The average molecular weight is 308 g/mol. The quantitative estimate of drug-likeness (QED) is 0.822. The van der Waals surface area contributed by atoms with Crippen LogP contribution in [0, 0.1) is 0 Å². The number of pyridine rings is 1. The average Bonchev–Trinajstić information content (AvgIpc) is 2.32. The molecule has 0 spiro atoms. The first kappa shape index (κ1) is 14.0. The first-order valence-electron chi connectivity index (χ1n) is 5.01. The van der Waals surface area contributed by atoms with Gasteiger partial charge in [0.25, 0.3) is 0 Å². The highest BCUT2D eigenvalue weighted by Gasteiger charge is 2.36. The van der Waals surface area contributed by atoms with Crippen LogP contribution in [-0.4, -0.2) is 10.1 Å². The van der Waals surface area contributed by atoms with Crippen molar-refractivity contribution in [2.24, 2.45) is 0 Å². The molecule has 19 heavy (non-hydrogen) atoms.